The van der Waals surface area contributed by atoms with Gasteiger partial charge in [-0.2, -0.15) is 5.26 Å². The molecule has 0 bridgehead atoms. The predicted molar refractivity (Wildman–Crippen MR) is 49.4 cm³/mol. The molecule has 0 amide bonds. The van der Waals surface area contributed by atoms with Crippen molar-refractivity contribution in [3.8, 4) is 6.07 Å². The molecule has 1 aromatic heterocycles. The van der Waals surface area contributed by atoms with Crippen LogP contribution in [0.5, 0.6) is 0 Å². The molecule has 0 aliphatic rings. The monoisotopic (exact) mass is 308 g/mol. The third-order valence-electron chi connectivity index (χ3n) is 0.966. The van der Waals surface area contributed by atoms with Crippen molar-refractivity contribution in [2.45, 2.75) is 0 Å². The minimum absolute atomic E-state index is 0.600. The highest BCUT2D eigenvalue weighted by atomic mass is 127. The first-order chi connectivity index (χ1) is 4.75. The van der Waals surface area contributed by atoms with E-state index in [1.54, 1.807) is 12.3 Å². The van der Waals surface area contributed by atoms with Crippen molar-refractivity contribution < 1.29 is 0 Å². The molecule has 0 aliphatic carbocycles. The fraction of sp³-hybridized carbons (Fsp3) is 0. The summed E-state index contributed by atoms with van der Waals surface area (Å²) in [6.45, 7) is 0. The zero-order valence-electron chi connectivity index (χ0n) is 4.81. The average Bonchev–Trinajstić information content (AvgIpc) is 1.88. The summed E-state index contributed by atoms with van der Waals surface area (Å²) in [5.41, 5.74) is 0.600. The van der Waals surface area contributed by atoms with E-state index in [4.69, 9.17) is 5.26 Å². The Balaban J connectivity index is 3.34. The Bertz CT molecular complexity index is 272. The van der Waals surface area contributed by atoms with Gasteiger partial charge in [0.1, 0.15) is 10.7 Å². The summed E-state index contributed by atoms with van der Waals surface area (Å²) in [6, 6.07) is 3.84. The van der Waals surface area contributed by atoms with Gasteiger partial charge >= 0.3 is 0 Å². The van der Waals surface area contributed by atoms with Gasteiger partial charge in [0.15, 0.2) is 0 Å². The van der Waals surface area contributed by atoms with Crippen molar-refractivity contribution in [2.24, 2.45) is 0 Å². The Morgan fingerprint density at radius 2 is 2.40 bits per heavy atom. The van der Waals surface area contributed by atoms with Crippen molar-refractivity contribution in [3.63, 3.8) is 0 Å². The van der Waals surface area contributed by atoms with E-state index in [-0.39, 0.29) is 0 Å². The van der Waals surface area contributed by atoms with Crippen molar-refractivity contribution in [1.82, 2.24) is 4.98 Å². The first-order valence-corrected chi connectivity index (χ1v) is 4.33. The zero-order valence-corrected chi connectivity index (χ0v) is 8.55. The van der Waals surface area contributed by atoms with E-state index in [2.05, 4.69) is 43.5 Å². The first-order valence-electron chi connectivity index (χ1n) is 2.46. The molecule has 2 nitrogen and oxygen atoms in total. The van der Waals surface area contributed by atoms with E-state index in [0.29, 0.717) is 10.2 Å². The standard InChI is InChI=1S/C6H2BrIN2/c7-6-4(3-9)5(8)1-2-10-6/h1-2H. The lowest BCUT2D eigenvalue weighted by molar-refractivity contribution is 1.24. The molecule has 10 heavy (non-hydrogen) atoms. The highest BCUT2D eigenvalue weighted by Crippen LogP contribution is 2.17. The normalized spacial score (nSPS) is 8.90. The second-order valence-electron chi connectivity index (χ2n) is 1.57. The summed E-state index contributed by atoms with van der Waals surface area (Å²) < 4.78 is 1.53. The highest BCUT2D eigenvalue weighted by Gasteiger charge is 2.02. The number of rotatable bonds is 0. The van der Waals surface area contributed by atoms with E-state index in [0.717, 1.165) is 3.57 Å². The molecule has 0 radical (unpaired) electrons. The fourth-order valence-corrected chi connectivity index (χ4v) is 1.84. The number of hydrogen-bond acceptors (Lipinski definition) is 2. The van der Waals surface area contributed by atoms with Crippen LogP contribution in [0, 0.1) is 14.9 Å². The summed E-state index contributed by atoms with van der Waals surface area (Å²) in [5, 5.41) is 8.57. The number of pyridine rings is 1. The summed E-state index contributed by atoms with van der Waals surface area (Å²) in [6.07, 6.45) is 1.66. The van der Waals surface area contributed by atoms with Crippen LogP contribution in [0.25, 0.3) is 0 Å². The molecule has 0 saturated carbocycles. The lowest BCUT2D eigenvalue weighted by atomic mass is 10.3. The first kappa shape index (κ1) is 7.95. The fourth-order valence-electron chi connectivity index (χ4n) is 0.514. The summed E-state index contributed by atoms with van der Waals surface area (Å²) in [4.78, 5) is 3.90. The molecule has 1 aromatic rings. The topological polar surface area (TPSA) is 36.7 Å². The van der Waals surface area contributed by atoms with E-state index in [1.165, 1.54) is 0 Å². The third kappa shape index (κ3) is 1.47. The maximum absolute atomic E-state index is 8.57. The lowest BCUT2D eigenvalue weighted by Gasteiger charge is -1.94. The number of nitriles is 1. The molecule has 0 aliphatic heterocycles. The number of nitrogens with zero attached hydrogens (tertiary/aromatic N) is 2. The van der Waals surface area contributed by atoms with Crippen LogP contribution in [-0.2, 0) is 0 Å². The molecular formula is C6H2BrIN2. The van der Waals surface area contributed by atoms with Gasteiger partial charge in [-0.3, -0.25) is 0 Å². The number of halogens is 2. The summed E-state index contributed by atoms with van der Waals surface area (Å²) in [7, 11) is 0. The third-order valence-corrected chi connectivity index (χ3v) is 2.47. The molecule has 1 heterocycles. The van der Waals surface area contributed by atoms with Crippen molar-refractivity contribution >= 4 is 38.5 Å². The van der Waals surface area contributed by atoms with Gasteiger partial charge in [-0.15, -0.1) is 0 Å². The second-order valence-corrected chi connectivity index (χ2v) is 3.48. The van der Waals surface area contributed by atoms with E-state index >= 15 is 0 Å². The lowest BCUT2D eigenvalue weighted by Crippen LogP contribution is -1.85. The van der Waals surface area contributed by atoms with Gasteiger partial charge in [-0.1, -0.05) is 0 Å². The maximum Gasteiger partial charge on any atom is 0.124 e. The summed E-state index contributed by atoms with van der Waals surface area (Å²) in [5.74, 6) is 0. The Hall–Kier alpha value is -0.150. The molecule has 1 rings (SSSR count). The molecule has 0 aromatic carbocycles. The zero-order chi connectivity index (χ0) is 7.56. The molecule has 0 unspecified atom stereocenters. The van der Waals surface area contributed by atoms with Crippen LogP contribution in [0.1, 0.15) is 5.56 Å². The van der Waals surface area contributed by atoms with Gasteiger partial charge in [-0.25, -0.2) is 4.98 Å². The van der Waals surface area contributed by atoms with Gasteiger partial charge in [0.05, 0.1) is 5.56 Å². The smallest absolute Gasteiger partial charge is 0.124 e. The predicted octanol–water partition coefficient (Wildman–Crippen LogP) is 2.32. The Labute approximate surface area is 80.5 Å². The van der Waals surface area contributed by atoms with Gasteiger partial charge in [-0.05, 0) is 44.6 Å². The molecule has 0 atom stereocenters. The second kappa shape index (κ2) is 3.30. The van der Waals surface area contributed by atoms with Crippen molar-refractivity contribution in [2.75, 3.05) is 0 Å². The Morgan fingerprint density at radius 1 is 1.70 bits per heavy atom. The SMILES string of the molecule is N#Cc1c(I)ccnc1Br. The van der Waals surface area contributed by atoms with E-state index < -0.39 is 0 Å². The van der Waals surface area contributed by atoms with Crippen LogP contribution >= 0.6 is 38.5 Å². The van der Waals surface area contributed by atoms with Gasteiger partial charge < -0.3 is 0 Å². The van der Waals surface area contributed by atoms with Crippen LogP contribution < -0.4 is 0 Å². The van der Waals surface area contributed by atoms with E-state index in [9.17, 15) is 0 Å². The highest BCUT2D eigenvalue weighted by molar-refractivity contribution is 14.1. The molecule has 50 valence electrons. The van der Waals surface area contributed by atoms with Gasteiger partial charge in [0, 0.05) is 9.77 Å². The van der Waals surface area contributed by atoms with Crippen LogP contribution in [0.3, 0.4) is 0 Å². The maximum atomic E-state index is 8.57. The summed E-state index contributed by atoms with van der Waals surface area (Å²) >= 11 is 5.26. The van der Waals surface area contributed by atoms with Gasteiger partial charge in [0.2, 0.25) is 0 Å². The van der Waals surface area contributed by atoms with Crippen LogP contribution in [0.4, 0.5) is 0 Å². The van der Waals surface area contributed by atoms with Crippen LogP contribution in [0.2, 0.25) is 0 Å². The quantitative estimate of drug-likeness (QED) is 0.545. The Kier molecular flexibility index (Phi) is 2.63. The molecule has 4 heteroatoms. The largest absolute Gasteiger partial charge is 0.248 e. The minimum Gasteiger partial charge on any atom is -0.248 e. The van der Waals surface area contributed by atoms with Gasteiger partial charge in [0.25, 0.3) is 0 Å². The molecule has 0 N–H and O–H groups in total. The van der Waals surface area contributed by atoms with Crippen LogP contribution in [-0.4, -0.2) is 4.98 Å². The van der Waals surface area contributed by atoms with Crippen LogP contribution in [0.15, 0.2) is 16.9 Å². The van der Waals surface area contributed by atoms with Crippen molar-refractivity contribution in [1.29, 1.82) is 5.26 Å². The number of hydrogen-bond donors (Lipinski definition) is 0. The van der Waals surface area contributed by atoms with E-state index in [1.807, 2.05) is 6.07 Å². The minimum atomic E-state index is 0.600. The number of aromatic nitrogens is 1. The Morgan fingerprint density at radius 3 is 2.80 bits per heavy atom. The molecule has 0 saturated heterocycles. The van der Waals surface area contributed by atoms with Crippen molar-refractivity contribution in [3.05, 3.63) is 26.0 Å². The molecule has 0 fully saturated rings. The average molecular weight is 309 g/mol. The molecular weight excluding hydrogens is 307 g/mol. The molecule has 0 spiro atoms.